The molecule has 0 saturated heterocycles. The Hall–Kier alpha value is 0.229. The molecule has 0 aliphatic rings. The van der Waals surface area contributed by atoms with E-state index in [1.807, 2.05) is 0 Å². The van der Waals surface area contributed by atoms with Gasteiger partial charge in [-0.05, 0) is 0 Å². The molecular weight excluding hydrogens is 224 g/mol. The van der Waals surface area contributed by atoms with Gasteiger partial charge < -0.3 is 31.0 Å². The van der Waals surface area contributed by atoms with Crippen molar-refractivity contribution in [2.75, 3.05) is 0 Å². The van der Waals surface area contributed by atoms with E-state index in [2.05, 4.69) is 0 Å². The molecule has 0 amide bonds. The average Bonchev–Trinajstić information content (AvgIpc) is 0.722. The zero-order valence-corrected chi connectivity index (χ0v) is 6.10. The van der Waals surface area contributed by atoms with Crippen LogP contribution >= 0.6 is 0 Å². The van der Waals surface area contributed by atoms with Crippen LogP contribution in [0.2, 0.25) is 0 Å². The zero-order valence-electron chi connectivity index (χ0n) is 4.34. The first-order chi connectivity index (χ1) is 2.00. The normalized spacial score (nSPS) is 5.80. The van der Waals surface area contributed by atoms with Crippen LogP contribution < -0.4 is 0 Å². The first-order valence-electron chi connectivity index (χ1n) is 0.667. The van der Waals surface area contributed by atoms with Crippen LogP contribution in [0.25, 0.3) is 0 Å². The SMILES string of the molecule is O.O.O.O.O=S(=O)([O-])[O-].[Cu+2]. The molecule has 0 heterocycles. The van der Waals surface area contributed by atoms with E-state index in [0.29, 0.717) is 0 Å². The molecule has 0 rings (SSSR count). The maximum absolute atomic E-state index is 8.52. The van der Waals surface area contributed by atoms with Crippen LogP contribution in [-0.4, -0.2) is 39.4 Å². The maximum atomic E-state index is 8.52. The minimum atomic E-state index is -5.17. The molecule has 10 heteroatoms. The van der Waals surface area contributed by atoms with E-state index in [0.717, 1.165) is 0 Å². The first kappa shape index (κ1) is 48.7. The third-order valence-corrected chi connectivity index (χ3v) is 0. The van der Waals surface area contributed by atoms with Gasteiger partial charge in [-0.3, -0.25) is 8.42 Å². The van der Waals surface area contributed by atoms with Crippen molar-refractivity contribution in [1.82, 2.24) is 0 Å². The van der Waals surface area contributed by atoms with Crippen molar-refractivity contribution in [2.24, 2.45) is 0 Å². The van der Waals surface area contributed by atoms with Gasteiger partial charge in [0, 0.05) is 10.4 Å². The summed E-state index contributed by atoms with van der Waals surface area (Å²) in [6.45, 7) is 0. The van der Waals surface area contributed by atoms with Gasteiger partial charge in [-0.25, -0.2) is 0 Å². The van der Waals surface area contributed by atoms with Gasteiger partial charge in [0.25, 0.3) is 0 Å². The van der Waals surface area contributed by atoms with Crippen molar-refractivity contribution in [3.05, 3.63) is 0 Å². The summed E-state index contributed by atoms with van der Waals surface area (Å²) >= 11 is 0. The molecule has 0 spiro atoms. The van der Waals surface area contributed by atoms with E-state index >= 15 is 0 Å². The molecule has 10 heavy (non-hydrogen) atoms. The van der Waals surface area contributed by atoms with Gasteiger partial charge in [-0.15, -0.1) is 0 Å². The van der Waals surface area contributed by atoms with Gasteiger partial charge in [0.2, 0.25) is 0 Å². The molecule has 0 aliphatic carbocycles. The summed E-state index contributed by atoms with van der Waals surface area (Å²) in [5.41, 5.74) is 0. The van der Waals surface area contributed by atoms with Gasteiger partial charge in [0.05, 0.1) is 0 Å². The molecule has 73 valence electrons. The van der Waals surface area contributed by atoms with Gasteiger partial charge >= 0.3 is 17.1 Å². The summed E-state index contributed by atoms with van der Waals surface area (Å²) in [5.74, 6) is 0. The molecular formula is H8CuO8S. The molecule has 0 saturated carbocycles. The molecule has 0 unspecified atom stereocenters. The second kappa shape index (κ2) is 16.1. The third-order valence-electron chi connectivity index (χ3n) is 0. The molecule has 1 radical (unpaired) electrons. The standard InChI is InChI=1S/Cu.H2O4S.4H2O/c;1-5(2,3)4;;;;/h;(H2,1,2,3,4);4*1H2/q+2;;;;;/p-2. The van der Waals surface area contributed by atoms with Crippen molar-refractivity contribution < 1.29 is 56.5 Å². The Morgan fingerprint density at radius 3 is 0.800 bits per heavy atom. The molecule has 0 atom stereocenters. The maximum Gasteiger partial charge on any atom is 2.00 e. The van der Waals surface area contributed by atoms with Crippen molar-refractivity contribution in [3.8, 4) is 0 Å². The van der Waals surface area contributed by atoms with Crippen molar-refractivity contribution >= 4 is 10.4 Å². The molecule has 8 N–H and O–H groups in total. The Balaban J connectivity index is -0.00000000800. The largest absolute Gasteiger partial charge is 2.00 e. The van der Waals surface area contributed by atoms with Crippen LogP contribution in [0.1, 0.15) is 0 Å². The third kappa shape index (κ3) is 8170. The van der Waals surface area contributed by atoms with Crippen LogP contribution in [0.5, 0.6) is 0 Å². The molecule has 0 bridgehead atoms. The summed E-state index contributed by atoms with van der Waals surface area (Å²) in [6.07, 6.45) is 0. The van der Waals surface area contributed by atoms with Crippen LogP contribution in [0.3, 0.4) is 0 Å². The number of rotatable bonds is 0. The fraction of sp³-hybridized carbons (Fsp3) is 0. The fourth-order valence-electron chi connectivity index (χ4n) is 0. The summed E-state index contributed by atoms with van der Waals surface area (Å²) in [7, 11) is -5.17. The van der Waals surface area contributed by atoms with Gasteiger partial charge in [0.1, 0.15) is 0 Å². The summed E-state index contributed by atoms with van der Waals surface area (Å²) in [6, 6.07) is 0. The Kier molecular flexibility index (Phi) is 78.5. The van der Waals surface area contributed by atoms with Crippen molar-refractivity contribution in [3.63, 3.8) is 0 Å². The zero-order chi connectivity index (χ0) is 4.50. The topological polar surface area (TPSA) is 206 Å². The predicted octanol–water partition coefficient (Wildman–Crippen LogP) is -4.64. The van der Waals surface area contributed by atoms with Gasteiger partial charge in [-0.2, -0.15) is 0 Å². The molecule has 0 aromatic carbocycles. The van der Waals surface area contributed by atoms with Crippen LogP contribution in [0, 0.1) is 0 Å². The minimum Gasteiger partial charge on any atom is -0.759 e. The van der Waals surface area contributed by atoms with E-state index in [1.165, 1.54) is 0 Å². The second-order valence-corrected chi connectivity index (χ2v) is 1.22. The molecule has 8 nitrogen and oxygen atoms in total. The predicted molar refractivity (Wildman–Crippen MR) is 24.9 cm³/mol. The summed E-state index contributed by atoms with van der Waals surface area (Å²) < 4.78 is 34.1. The average molecular weight is 232 g/mol. The van der Waals surface area contributed by atoms with Gasteiger partial charge in [-0.1, -0.05) is 0 Å². The molecule has 0 aromatic heterocycles. The van der Waals surface area contributed by atoms with Gasteiger partial charge in [0.15, 0.2) is 0 Å². The molecule has 0 fully saturated rings. The molecule has 0 aliphatic heterocycles. The Bertz CT molecular complexity index is 92.4. The second-order valence-electron chi connectivity index (χ2n) is 0.408. The van der Waals surface area contributed by atoms with Crippen LogP contribution in [-0.2, 0) is 27.5 Å². The minimum absolute atomic E-state index is 0. The fourth-order valence-corrected chi connectivity index (χ4v) is 0. The van der Waals surface area contributed by atoms with E-state index in [-0.39, 0.29) is 39.0 Å². The summed E-state index contributed by atoms with van der Waals surface area (Å²) in [5, 5.41) is 0. The Morgan fingerprint density at radius 1 is 0.800 bits per heavy atom. The van der Waals surface area contributed by atoms with Crippen molar-refractivity contribution in [1.29, 1.82) is 0 Å². The quantitative estimate of drug-likeness (QED) is 0.229. The van der Waals surface area contributed by atoms with E-state index < -0.39 is 10.4 Å². The Morgan fingerprint density at radius 2 is 0.800 bits per heavy atom. The summed E-state index contributed by atoms with van der Waals surface area (Å²) in [4.78, 5) is 0. The smallest absolute Gasteiger partial charge is 0.759 e. The van der Waals surface area contributed by atoms with E-state index in [1.54, 1.807) is 0 Å². The monoisotopic (exact) mass is 231 g/mol. The van der Waals surface area contributed by atoms with E-state index in [9.17, 15) is 0 Å². The number of hydrogen-bond donors (Lipinski definition) is 0. The number of hydrogen-bond acceptors (Lipinski definition) is 4. The van der Waals surface area contributed by atoms with Crippen molar-refractivity contribution in [2.45, 2.75) is 0 Å². The van der Waals surface area contributed by atoms with E-state index in [4.69, 9.17) is 17.5 Å². The van der Waals surface area contributed by atoms with Crippen LogP contribution in [0.4, 0.5) is 0 Å². The first-order valence-corrected chi connectivity index (χ1v) is 2.00. The van der Waals surface area contributed by atoms with Crippen LogP contribution in [0.15, 0.2) is 0 Å². The Labute approximate surface area is 67.5 Å². The molecule has 0 aromatic rings.